The van der Waals surface area contributed by atoms with Gasteiger partial charge in [0.1, 0.15) is 5.75 Å². The van der Waals surface area contributed by atoms with E-state index in [9.17, 15) is 0 Å². The summed E-state index contributed by atoms with van der Waals surface area (Å²) in [6.45, 7) is 13.1. The second-order valence-corrected chi connectivity index (χ2v) is 9.86. The molecule has 3 aromatic rings. The summed E-state index contributed by atoms with van der Waals surface area (Å²) in [7, 11) is 1.69. The standard InChI is InChI=1S/C23H27BrN2O2/c1-22(2,3)14-12-16(19(27-7)17(13-14)23(4,5)6)21-25-20(26-28-21)15-10-8-9-11-18(15)24/h8-13H,1-7H3. The normalized spacial score (nSPS) is 12.3. The van der Waals surface area contributed by atoms with Crippen LogP contribution in [0.2, 0.25) is 0 Å². The van der Waals surface area contributed by atoms with E-state index in [0.29, 0.717) is 11.7 Å². The van der Waals surface area contributed by atoms with Crippen LogP contribution in [0.25, 0.3) is 22.8 Å². The third kappa shape index (κ3) is 4.00. The molecule has 0 aliphatic heterocycles. The highest BCUT2D eigenvalue weighted by atomic mass is 79.9. The van der Waals surface area contributed by atoms with Gasteiger partial charge >= 0.3 is 0 Å². The predicted molar refractivity (Wildman–Crippen MR) is 117 cm³/mol. The van der Waals surface area contributed by atoms with E-state index in [2.05, 4.69) is 79.7 Å². The first-order chi connectivity index (χ1) is 13.0. The summed E-state index contributed by atoms with van der Waals surface area (Å²) in [6.07, 6.45) is 0. The number of hydrogen-bond acceptors (Lipinski definition) is 4. The van der Waals surface area contributed by atoms with Gasteiger partial charge in [0.25, 0.3) is 5.89 Å². The first-order valence-corrected chi connectivity index (χ1v) is 10.1. The van der Waals surface area contributed by atoms with E-state index in [1.807, 2.05) is 24.3 Å². The van der Waals surface area contributed by atoms with Crippen molar-refractivity contribution in [1.29, 1.82) is 0 Å². The lowest BCUT2D eigenvalue weighted by Gasteiger charge is -2.28. The van der Waals surface area contributed by atoms with Crippen molar-refractivity contribution in [2.24, 2.45) is 0 Å². The minimum absolute atomic E-state index is 0.0215. The summed E-state index contributed by atoms with van der Waals surface area (Å²) in [4.78, 5) is 4.68. The number of methoxy groups -OCH3 is 1. The first kappa shape index (κ1) is 20.6. The van der Waals surface area contributed by atoms with Gasteiger partial charge in [0.15, 0.2) is 0 Å². The summed E-state index contributed by atoms with van der Waals surface area (Å²) in [5, 5.41) is 4.21. The van der Waals surface area contributed by atoms with Crippen LogP contribution < -0.4 is 4.74 Å². The van der Waals surface area contributed by atoms with Crippen LogP contribution in [0.1, 0.15) is 52.7 Å². The average Bonchev–Trinajstić information content (AvgIpc) is 3.09. The minimum Gasteiger partial charge on any atom is -0.496 e. The molecule has 0 amide bonds. The Hall–Kier alpha value is -2.14. The number of rotatable bonds is 3. The van der Waals surface area contributed by atoms with Gasteiger partial charge in [-0.05, 0) is 34.6 Å². The summed E-state index contributed by atoms with van der Waals surface area (Å²) in [5.41, 5.74) is 3.93. The van der Waals surface area contributed by atoms with Crippen LogP contribution in [0.5, 0.6) is 5.75 Å². The second kappa shape index (κ2) is 7.36. The number of aromatic nitrogens is 2. The highest BCUT2D eigenvalue weighted by Crippen LogP contribution is 2.42. The molecule has 0 aliphatic carbocycles. The SMILES string of the molecule is COc1c(-c2nc(-c3ccccc3Br)no2)cc(C(C)(C)C)cc1C(C)(C)C. The highest BCUT2D eigenvalue weighted by molar-refractivity contribution is 9.10. The first-order valence-electron chi connectivity index (χ1n) is 9.34. The minimum atomic E-state index is -0.0906. The fourth-order valence-corrected chi connectivity index (χ4v) is 3.54. The molecule has 0 spiro atoms. The van der Waals surface area contributed by atoms with E-state index in [0.717, 1.165) is 26.9 Å². The van der Waals surface area contributed by atoms with Crippen LogP contribution in [0, 0.1) is 0 Å². The Kier molecular flexibility index (Phi) is 5.41. The smallest absolute Gasteiger partial charge is 0.262 e. The predicted octanol–water partition coefficient (Wildman–Crippen LogP) is 6.77. The number of hydrogen-bond donors (Lipinski definition) is 0. The molecule has 28 heavy (non-hydrogen) atoms. The summed E-state index contributed by atoms with van der Waals surface area (Å²) in [5.74, 6) is 1.78. The summed E-state index contributed by atoms with van der Waals surface area (Å²) >= 11 is 3.56. The molecule has 0 saturated carbocycles. The molecule has 0 radical (unpaired) electrons. The molecule has 5 heteroatoms. The summed E-state index contributed by atoms with van der Waals surface area (Å²) in [6, 6.07) is 12.2. The molecule has 4 nitrogen and oxygen atoms in total. The van der Waals surface area contributed by atoms with E-state index in [-0.39, 0.29) is 10.8 Å². The lowest BCUT2D eigenvalue weighted by Crippen LogP contribution is -2.18. The highest BCUT2D eigenvalue weighted by Gasteiger charge is 2.28. The Morgan fingerprint density at radius 1 is 0.929 bits per heavy atom. The maximum Gasteiger partial charge on any atom is 0.262 e. The molecular formula is C23H27BrN2O2. The van der Waals surface area contributed by atoms with Gasteiger partial charge in [0.2, 0.25) is 5.82 Å². The van der Waals surface area contributed by atoms with Gasteiger partial charge in [-0.3, -0.25) is 0 Å². The van der Waals surface area contributed by atoms with Crippen molar-refractivity contribution >= 4 is 15.9 Å². The fourth-order valence-electron chi connectivity index (χ4n) is 3.08. The third-order valence-electron chi connectivity index (χ3n) is 4.74. The molecule has 2 aromatic carbocycles. The largest absolute Gasteiger partial charge is 0.496 e. The maximum atomic E-state index is 5.83. The number of ether oxygens (including phenoxy) is 1. The van der Waals surface area contributed by atoms with E-state index in [4.69, 9.17) is 9.26 Å². The van der Waals surface area contributed by atoms with Crippen LogP contribution in [-0.4, -0.2) is 17.3 Å². The Morgan fingerprint density at radius 2 is 1.61 bits per heavy atom. The Morgan fingerprint density at radius 3 is 2.18 bits per heavy atom. The van der Waals surface area contributed by atoms with Gasteiger partial charge < -0.3 is 9.26 Å². The second-order valence-electron chi connectivity index (χ2n) is 9.01. The Bertz CT molecular complexity index is 995. The van der Waals surface area contributed by atoms with Crippen LogP contribution in [0.3, 0.4) is 0 Å². The molecule has 0 bridgehead atoms. The van der Waals surface area contributed by atoms with E-state index in [1.165, 1.54) is 5.56 Å². The third-order valence-corrected chi connectivity index (χ3v) is 5.43. The topological polar surface area (TPSA) is 48.2 Å². The molecule has 0 unspecified atom stereocenters. The molecule has 3 rings (SSSR count). The molecule has 0 atom stereocenters. The van der Waals surface area contributed by atoms with Crippen LogP contribution in [0.4, 0.5) is 0 Å². The fraction of sp³-hybridized carbons (Fsp3) is 0.391. The van der Waals surface area contributed by atoms with Gasteiger partial charge in [0, 0.05) is 15.6 Å². The molecule has 0 N–H and O–H groups in total. The van der Waals surface area contributed by atoms with Gasteiger partial charge in [-0.1, -0.05) is 80.8 Å². The molecule has 148 valence electrons. The maximum absolute atomic E-state index is 5.83. The molecule has 0 aliphatic rings. The van der Waals surface area contributed by atoms with Crippen molar-refractivity contribution < 1.29 is 9.26 Å². The van der Waals surface area contributed by atoms with Crippen molar-refractivity contribution in [1.82, 2.24) is 10.1 Å². The Balaban J connectivity index is 2.23. The van der Waals surface area contributed by atoms with Gasteiger partial charge in [-0.25, -0.2) is 0 Å². The zero-order chi connectivity index (χ0) is 20.7. The zero-order valence-corrected chi connectivity index (χ0v) is 19.1. The van der Waals surface area contributed by atoms with Crippen molar-refractivity contribution in [2.75, 3.05) is 7.11 Å². The molecule has 1 heterocycles. The summed E-state index contributed by atoms with van der Waals surface area (Å²) < 4.78 is 12.4. The molecule has 1 aromatic heterocycles. The van der Waals surface area contributed by atoms with Crippen molar-refractivity contribution in [3.05, 3.63) is 52.0 Å². The molecular weight excluding hydrogens is 416 g/mol. The van der Waals surface area contributed by atoms with Gasteiger partial charge in [0.05, 0.1) is 12.7 Å². The van der Waals surface area contributed by atoms with Gasteiger partial charge in [-0.15, -0.1) is 0 Å². The number of halogens is 1. The lowest BCUT2D eigenvalue weighted by atomic mass is 9.79. The Labute approximate surface area is 175 Å². The van der Waals surface area contributed by atoms with Crippen LogP contribution in [-0.2, 0) is 10.8 Å². The number of benzene rings is 2. The lowest BCUT2D eigenvalue weighted by molar-refractivity contribution is 0.391. The average molecular weight is 443 g/mol. The van der Waals surface area contributed by atoms with E-state index < -0.39 is 0 Å². The van der Waals surface area contributed by atoms with Crippen molar-refractivity contribution in [2.45, 2.75) is 52.4 Å². The van der Waals surface area contributed by atoms with Gasteiger partial charge in [-0.2, -0.15) is 4.98 Å². The van der Waals surface area contributed by atoms with E-state index >= 15 is 0 Å². The zero-order valence-electron chi connectivity index (χ0n) is 17.6. The number of nitrogens with zero attached hydrogens (tertiary/aromatic N) is 2. The molecule has 0 saturated heterocycles. The quantitative estimate of drug-likeness (QED) is 0.448. The molecule has 0 fully saturated rings. The van der Waals surface area contributed by atoms with E-state index in [1.54, 1.807) is 7.11 Å². The van der Waals surface area contributed by atoms with Crippen molar-refractivity contribution in [3.8, 4) is 28.6 Å². The van der Waals surface area contributed by atoms with Crippen molar-refractivity contribution in [3.63, 3.8) is 0 Å². The monoisotopic (exact) mass is 442 g/mol. The van der Waals surface area contributed by atoms with Crippen LogP contribution >= 0.6 is 15.9 Å². The van der Waals surface area contributed by atoms with Crippen LogP contribution in [0.15, 0.2) is 45.4 Å².